The second-order valence-electron chi connectivity index (χ2n) is 4.74. The summed E-state index contributed by atoms with van der Waals surface area (Å²) in [5.41, 5.74) is 0. The number of rotatable bonds is 12. The van der Waals surface area contributed by atoms with Crippen molar-refractivity contribution in [2.75, 3.05) is 37.5 Å². The van der Waals surface area contributed by atoms with Crippen LogP contribution < -0.4 is 0 Å². The van der Waals surface area contributed by atoms with Gasteiger partial charge in [0.25, 0.3) is 0 Å². The summed E-state index contributed by atoms with van der Waals surface area (Å²) in [5.74, 6) is 1.29. The summed E-state index contributed by atoms with van der Waals surface area (Å²) in [6.07, 6.45) is 1.18. The molecule has 126 valence electrons. The lowest BCUT2D eigenvalue weighted by atomic mass is 10.2. The molecule has 0 aromatic heterocycles. The minimum Gasteiger partial charge on any atom is -0.464 e. The number of alkyl halides is 1. The molecule has 0 radical (unpaired) electrons. The van der Waals surface area contributed by atoms with Crippen molar-refractivity contribution >= 4 is 41.3 Å². The lowest BCUT2D eigenvalue weighted by molar-refractivity contribution is -0.144. The van der Waals surface area contributed by atoms with Gasteiger partial charge in [-0.25, -0.2) is 0 Å². The number of hydrogen-bond donors (Lipinski definition) is 0. The van der Waals surface area contributed by atoms with Crippen LogP contribution >= 0.6 is 35.3 Å². The van der Waals surface area contributed by atoms with Gasteiger partial charge in [0, 0.05) is 5.75 Å². The summed E-state index contributed by atoms with van der Waals surface area (Å²) < 4.78 is 27.1. The van der Waals surface area contributed by atoms with Gasteiger partial charge in [-0.15, -0.1) is 0 Å². The van der Waals surface area contributed by atoms with Gasteiger partial charge in [-0.2, -0.15) is 11.8 Å². The zero-order chi connectivity index (χ0) is 16.4. The molecule has 0 amide bonds. The molecule has 0 spiro atoms. The lowest BCUT2D eigenvalue weighted by Gasteiger charge is -2.16. The molecule has 0 aromatic carbocycles. The molecule has 8 heteroatoms. The average Bonchev–Trinajstić information content (AvgIpc) is 2.36. The highest BCUT2D eigenvalue weighted by Crippen LogP contribution is 2.48. The van der Waals surface area contributed by atoms with Crippen LogP contribution in [0.4, 0.5) is 0 Å². The molecule has 0 unspecified atom stereocenters. The zero-order valence-corrected chi connectivity index (χ0v) is 16.5. The number of thioether (sulfide) groups is 1. The van der Waals surface area contributed by atoms with E-state index < -0.39 is 11.9 Å². The van der Waals surface area contributed by atoms with Crippen molar-refractivity contribution in [3.05, 3.63) is 0 Å². The van der Waals surface area contributed by atoms with E-state index in [2.05, 4.69) is 15.9 Å². The standard InChI is InChI=1S/C13H26BrO5PS/c1-5-18-20(16,19-6-2)9-7-10-21-11-8-17-12(15)13(3,4)14/h5-11H2,1-4H3. The smallest absolute Gasteiger partial charge is 0.330 e. The number of ether oxygens (including phenoxy) is 1. The van der Waals surface area contributed by atoms with Crippen LogP contribution in [-0.4, -0.2) is 47.8 Å². The molecular weight excluding hydrogens is 379 g/mol. The Hall–Kier alpha value is 0.450. The van der Waals surface area contributed by atoms with Gasteiger partial charge in [-0.1, -0.05) is 15.9 Å². The molecule has 0 rings (SSSR count). The molecule has 0 aliphatic rings. The number of hydrogen-bond acceptors (Lipinski definition) is 6. The fraction of sp³-hybridized carbons (Fsp3) is 0.923. The average molecular weight is 405 g/mol. The van der Waals surface area contributed by atoms with Crippen molar-refractivity contribution in [3.8, 4) is 0 Å². The van der Waals surface area contributed by atoms with Crippen LogP contribution in [0.25, 0.3) is 0 Å². The van der Waals surface area contributed by atoms with Gasteiger partial charge >= 0.3 is 13.6 Å². The fourth-order valence-corrected chi connectivity index (χ4v) is 4.13. The van der Waals surface area contributed by atoms with E-state index in [-0.39, 0.29) is 5.97 Å². The maximum absolute atomic E-state index is 12.2. The van der Waals surface area contributed by atoms with E-state index in [4.69, 9.17) is 13.8 Å². The molecule has 0 atom stereocenters. The van der Waals surface area contributed by atoms with E-state index in [0.717, 1.165) is 17.9 Å². The van der Waals surface area contributed by atoms with Crippen LogP contribution in [0.3, 0.4) is 0 Å². The van der Waals surface area contributed by atoms with Crippen molar-refractivity contribution in [2.45, 2.75) is 38.4 Å². The summed E-state index contributed by atoms with van der Waals surface area (Å²) in [4.78, 5) is 11.5. The molecular formula is C13H26BrO5PS. The molecule has 0 aromatic rings. The largest absolute Gasteiger partial charge is 0.464 e. The van der Waals surface area contributed by atoms with Crippen LogP contribution in [0.5, 0.6) is 0 Å². The van der Waals surface area contributed by atoms with Crippen molar-refractivity contribution < 1.29 is 23.1 Å². The number of carbonyl (C=O) groups is 1. The second-order valence-corrected chi connectivity index (χ2v) is 10.1. The monoisotopic (exact) mass is 404 g/mol. The summed E-state index contributed by atoms with van der Waals surface area (Å²) in [5, 5.41) is 0. The maximum atomic E-state index is 12.2. The van der Waals surface area contributed by atoms with Gasteiger partial charge in [0.15, 0.2) is 0 Å². The van der Waals surface area contributed by atoms with E-state index in [0.29, 0.717) is 26.0 Å². The highest BCUT2D eigenvalue weighted by Gasteiger charge is 2.25. The summed E-state index contributed by atoms with van der Waals surface area (Å²) in [7, 11) is -2.92. The van der Waals surface area contributed by atoms with Crippen LogP contribution in [0, 0.1) is 0 Å². The third-order valence-electron chi connectivity index (χ3n) is 2.32. The minimum atomic E-state index is -2.92. The fourth-order valence-electron chi connectivity index (χ4n) is 1.39. The molecule has 0 aliphatic heterocycles. The molecule has 0 saturated heterocycles. The highest BCUT2D eigenvalue weighted by molar-refractivity contribution is 9.10. The Morgan fingerprint density at radius 3 is 2.24 bits per heavy atom. The molecule has 0 heterocycles. The predicted octanol–water partition coefficient (Wildman–Crippen LogP) is 4.09. The van der Waals surface area contributed by atoms with E-state index in [1.54, 1.807) is 39.5 Å². The van der Waals surface area contributed by atoms with Gasteiger partial charge in [0.2, 0.25) is 0 Å². The molecule has 21 heavy (non-hydrogen) atoms. The topological polar surface area (TPSA) is 61.8 Å². The second kappa shape index (κ2) is 11.1. The van der Waals surface area contributed by atoms with Gasteiger partial charge in [-0.05, 0) is 39.9 Å². The van der Waals surface area contributed by atoms with Crippen LogP contribution in [0.2, 0.25) is 0 Å². The van der Waals surface area contributed by atoms with E-state index >= 15 is 0 Å². The number of carbonyl (C=O) groups excluding carboxylic acids is 1. The first-order valence-corrected chi connectivity index (χ1v) is 10.7. The van der Waals surface area contributed by atoms with Crippen molar-refractivity contribution in [2.24, 2.45) is 0 Å². The van der Waals surface area contributed by atoms with Gasteiger partial charge in [0.1, 0.15) is 10.9 Å². The third kappa shape index (κ3) is 10.7. The van der Waals surface area contributed by atoms with Gasteiger partial charge in [-0.3, -0.25) is 9.36 Å². The molecule has 0 N–H and O–H groups in total. The maximum Gasteiger partial charge on any atom is 0.330 e. The molecule has 0 saturated carbocycles. The summed E-state index contributed by atoms with van der Waals surface area (Å²) >= 11 is 4.91. The quantitative estimate of drug-likeness (QED) is 0.211. The zero-order valence-electron chi connectivity index (χ0n) is 13.2. The van der Waals surface area contributed by atoms with E-state index in [1.165, 1.54) is 0 Å². The van der Waals surface area contributed by atoms with Gasteiger partial charge < -0.3 is 13.8 Å². The Bertz CT molecular complexity index is 336. The Balaban J connectivity index is 3.72. The first kappa shape index (κ1) is 21.4. The van der Waals surface area contributed by atoms with Crippen molar-refractivity contribution in [1.82, 2.24) is 0 Å². The Labute approximate surface area is 140 Å². The molecule has 0 aliphatic carbocycles. The minimum absolute atomic E-state index is 0.264. The van der Waals surface area contributed by atoms with Crippen molar-refractivity contribution in [1.29, 1.82) is 0 Å². The highest BCUT2D eigenvalue weighted by atomic mass is 79.9. The van der Waals surface area contributed by atoms with Crippen LogP contribution in [-0.2, 0) is 23.1 Å². The third-order valence-corrected chi connectivity index (χ3v) is 5.84. The number of halogens is 1. The van der Waals surface area contributed by atoms with Crippen LogP contribution in [0.15, 0.2) is 0 Å². The van der Waals surface area contributed by atoms with Crippen LogP contribution in [0.1, 0.15) is 34.1 Å². The molecule has 0 bridgehead atoms. The number of esters is 1. The Kier molecular flexibility index (Phi) is 11.3. The first-order valence-electron chi connectivity index (χ1n) is 7.07. The normalized spacial score (nSPS) is 12.4. The van der Waals surface area contributed by atoms with Crippen molar-refractivity contribution in [3.63, 3.8) is 0 Å². The molecule has 0 fully saturated rings. The Morgan fingerprint density at radius 2 is 1.76 bits per heavy atom. The Morgan fingerprint density at radius 1 is 1.19 bits per heavy atom. The molecule has 5 nitrogen and oxygen atoms in total. The predicted molar refractivity (Wildman–Crippen MR) is 91.6 cm³/mol. The SMILES string of the molecule is CCOP(=O)(CCCSCCOC(=O)C(C)(C)Br)OCC. The lowest BCUT2D eigenvalue weighted by Crippen LogP contribution is -2.27. The van der Waals surface area contributed by atoms with E-state index in [9.17, 15) is 9.36 Å². The van der Waals surface area contributed by atoms with Gasteiger partial charge in [0.05, 0.1) is 19.4 Å². The van der Waals surface area contributed by atoms with E-state index in [1.807, 2.05) is 0 Å². The first-order chi connectivity index (χ1) is 9.75. The summed E-state index contributed by atoms with van der Waals surface area (Å²) in [6.45, 7) is 8.28. The summed E-state index contributed by atoms with van der Waals surface area (Å²) in [6, 6.07) is 0.